The summed E-state index contributed by atoms with van der Waals surface area (Å²) in [5.41, 5.74) is -2.78. The van der Waals surface area contributed by atoms with Gasteiger partial charge < -0.3 is 29.4 Å². The number of rotatable bonds is 9. The van der Waals surface area contributed by atoms with Crippen molar-refractivity contribution in [1.82, 2.24) is 15.5 Å². The van der Waals surface area contributed by atoms with Crippen LogP contribution in [0, 0.1) is 10.8 Å². The molecule has 3 aliphatic heterocycles. The lowest BCUT2D eigenvalue weighted by molar-refractivity contribution is -0.160. The fourth-order valence-electron chi connectivity index (χ4n) is 5.79. The van der Waals surface area contributed by atoms with Gasteiger partial charge in [-0.3, -0.25) is 34.1 Å². The number of aliphatic hydroxyl groups excluding tert-OH is 1. The van der Waals surface area contributed by atoms with E-state index in [0.29, 0.717) is 0 Å². The molecule has 3 aliphatic rings. The van der Waals surface area contributed by atoms with Gasteiger partial charge in [-0.25, -0.2) is 9.69 Å². The first-order valence-corrected chi connectivity index (χ1v) is 15.2. The number of nitrogens with zero attached hydrogens (tertiary/aromatic N) is 1. The first-order chi connectivity index (χ1) is 22.1. The van der Waals surface area contributed by atoms with Crippen molar-refractivity contribution in [3.63, 3.8) is 0 Å². The number of piperidine rings is 1. The largest absolute Gasteiger partial charge is 0.469 e. The molecule has 3 fully saturated rings. The molecule has 0 radical (unpaired) electrons. The number of benzene rings is 1. The van der Waals surface area contributed by atoms with Crippen LogP contribution in [0.2, 0.25) is 0 Å². The number of likely N-dealkylation sites (tertiary alicyclic amines) is 1. The van der Waals surface area contributed by atoms with E-state index in [0.717, 1.165) is 17.6 Å². The topological polar surface area (TPSA) is 204 Å². The molecular formula is C32H43N3O12. The molecule has 1 spiro atoms. The Morgan fingerprint density at radius 1 is 1.00 bits per heavy atom. The molecule has 0 saturated carbocycles. The van der Waals surface area contributed by atoms with Gasteiger partial charge in [-0.2, -0.15) is 0 Å². The van der Waals surface area contributed by atoms with E-state index in [1.54, 1.807) is 20.8 Å². The highest BCUT2D eigenvalue weighted by atomic mass is 16.6. The summed E-state index contributed by atoms with van der Waals surface area (Å²) < 4.78 is 20.7. The van der Waals surface area contributed by atoms with Crippen LogP contribution in [-0.2, 0) is 54.3 Å². The summed E-state index contributed by atoms with van der Waals surface area (Å²) in [5.74, 6) is -3.42. The molecule has 4 rings (SSSR count). The third kappa shape index (κ3) is 8.71. The Balaban J connectivity index is 0.000000331. The summed E-state index contributed by atoms with van der Waals surface area (Å²) in [7, 11) is 2.38. The Morgan fingerprint density at radius 3 is 2.23 bits per heavy atom. The van der Waals surface area contributed by atoms with Gasteiger partial charge in [-0.1, -0.05) is 30.3 Å². The van der Waals surface area contributed by atoms with Gasteiger partial charge in [0.15, 0.2) is 0 Å². The number of aliphatic hydroxyl groups is 1. The summed E-state index contributed by atoms with van der Waals surface area (Å²) >= 11 is 0. The van der Waals surface area contributed by atoms with Crippen LogP contribution in [0.25, 0.3) is 0 Å². The molecule has 15 heteroatoms. The standard InChI is InChI=1S/C23H31NO8.C9H12N2O4/c1-22(2,3)32-21(28)24-17(15-31-14-16-9-7-6-8-10-16)13-23(19(24)26,20(27)30-5)12-11-18(25)29-4;12-4-5-3-9(7(14)10-5)2-1-6(13)11-8(9)15/h6-10,17H,11-15H2,1-5H3;5,12H,1-4H2,(H,10,14)(H,11,13,15). The van der Waals surface area contributed by atoms with Crippen LogP contribution < -0.4 is 10.6 Å². The van der Waals surface area contributed by atoms with Crippen LogP contribution in [-0.4, -0.2) is 96.8 Å². The summed E-state index contributed by atoms with van der Waals surface area (Å²) in [6.45, 7) is 5.11. The fourth-order valence-corrected chi connectivity index (χ4v) is 5.79. The van der Waals surface area contributed by atoms with Gasteiger partial charge in [0.25, 0.3) is 0 Å². The maximum atomic E-state index is 13.4. The number of carbonyl (C=O) groups excluding carboxylic acids is 7. The predicted molar refractivity (Wildman–Crippen MR) is 162 cm³/mol. The summed E-state index contributed by atoms with van der Waals surface area (Å²) in [5, 5.41) is 13.6. The molecule has 3 heterocycles. The minimum absolute atomic E-state index is 0.00313. The van der Waals surface area contributed by atoms with Gasteiger partial charge in [-0.15, -0.1) is 0 Å². The van der Waals surface area contributed by atoms with E-state index in [2.05, 4.69) is 15.4 Å². The molecule has 258 valence electrons. The predicted octanol–water partition coefficient (Wildman–Crippen LogP) is 1.14. The Bertz CT molecular complexity index is 1360. The number of amides is 5. The van der Waals surface area contributed by atoms with E-state index in [9.17, 15) is 33.6 Å². The lowest BCUT2D eigenvalue weighted by atomic mass is 9.77. The Hall–Kier alpha value is -4.37. The summed E-state index contributed by atoms with van der Waals surface area (Å²) in [4.78, 5) is 85.9. The van der Waals surface area contributed by atoms with Gasteiger partial charge in [-0.05, 0) is 52.0 Å². The van der Waals surface area contributed by atoms with Crippen molar-refractivity contribution in [3.8, 4) is 0 Å². The van der Waals surface area contributed by atoms with Crippen molar-refractivity contribution in [2.45, 2.75) is 83.6 Å². The minimum atomic E-state index is -1.71. The third-order valence-corrected chi connectivity index (χ3v) is 8.20. The number of ether oxygens (including phenoxy) is 4. The summed E-state index contributed by atoms with van der Waals surface area (Å²) in [6.07, 6.45) is -0.585. The van der Waals surface area contributed by atoms with Crippen LogP contribution in [0.15, 0.2) is 30.3 Å². The van der Waals surface area contributed by atoms with Crippen LogP contribution in [0.3, 0.4) is 0 Å². The van der Waals surface area contributed by atoms with E-state index >= 15 is 0 Å². The average Bonchev–Trinajstić information content (AvgIpc) is 3.51. The van der Waals surface area contributed by atoms with Gasteiger partial charge in [0.1, 0.15) is 16.4 Å². The van der Waals surface area contributed by atoms with Crippen molar-refractivity contribution < 1.29 is 57.6 Å². The highest BCUT2D eigenvalue weighted by Crippen LogP contribution is 2.42. The Labute approximate surface area is 272 Å². The van der Waals surface area contributed by atoms with Crippen molar-refractivity contribution in [3.05, 3.63) is 35.9 Å². The molecule has 1 aromatic carbocycles. The van der Waals surface area contributed by atoms with E-state index in [-0.39, 0.29) is 76.2 Å². The summed E-state index contributed by atoms with van der Waals surface area (Å²) in [6, 6.07) is 8.27. The molecule has 0 aromatic heterocycles. The van der Waals surface area contributed by atoms with E-state index in [1.807, 2.05) is 30.3 Å². The quantitative estimate of drug-likeness (QED) is 0.148. The molecule has 4 atom stereocenters. The zero-order valence-corrected chi connectivity index (χ0v) is 27.3. The van der Waals surface area contributed by atoms with Crippen molar-refractivity contribution in [1.29, 1.82) is 0 Å². The zero-order valence-electron chi connectivity index (χ0n) is 27.3. The van der Waals surface area contributed by atoms with Gasteiger partial charge in [0.2, 0.25) is 23.6 Å². The van der Waals surface area contributed by atoms with Crippen LogP contribution in [0.4, 0.5) is 4.79 Å². The van der Waals surface area contributed by atoms with Crippen molar-refractivity contribution >= 4 is 41.7 Å². The van der Waals surface area contributed by atoms with Gasteiger partial charge in [0, 0.05) is 12.8 Å². The molecule has 4 unspecified atom stereocenters. The average molecular weight is 662 g/mol. The highest BCUT2D eigenvalue weighted by Gasteiger charge is 2.60. The van der Waals surface area contributed by atoms with Crippen LogP contribution >= 0.6 is 0 Å². The molecule has 3 N–H and O–H groups in total. The maximum Gasteiger partial charge on any atom is 0.417 e. The fraction of sp³-hybridized carbons (Fsp3) is 0.594. The third-order valence-electron chi connectivity index (χ3n) is 8.20. The monoisotopic (exact) mass is 661 g/mol. The number of esters is 2. The van der Waals surface area contributed by atoms with Gasteiger partial charge >= 0.3 is 18.0 Å². The van der Waals surface area contributed by atoms with Crippen molar-refractivity contribution in [2.75, 3.05) is 27.4 Å². The molecule has 3 saturated heterocycles. The molecule has 15 nitrogen and oxygen atoms in total. The maximum absolute atomic E-state index is 13.4. The second-order valence-electron chi connectivity index (χ2n) is 12.7. The second kappa shape index (κ2) is 15.5. The number of imide groups is 2. The number of methoxy groups -OCH3 is 2. The minimum Gasteiger partial charge on any atom is -0.469 e. The van der Waals surface area contributed by atoms with Gasteiger partial charge in [0.05, 0.1) is 46.1 Å². The lowest BCUT2D eigenvalue weighted by Gasteiger charge is -2.28. The van der Waals surface area contributed by atoms with E-state index < -0.39 is 52.3 Å². The molecular weight excluding hydrogens is 618 g/mol. The van der Waals surface area contributed by atoms with E-state index in [1.165, 1.54) is 7.11 Å². The molecule has 0 aliphatic carbocycles. The number of hydrogen-bond donors (Lipinski definition) is 3. The Morgan fingerprint density at radius 2 is 1.68 bits per heavy atom. The smallest absolute Gasteiger partial charge is 0.417 e. The van der Waals surface area contributed by atoms with E-state index in [4.69, 9.17) is 19.3 Å². The van der Waals surface area contributed by atoms with Crippen LogP contribution in [0.1, 0.15) is 64.9 Å². The SMILES string of the molecule is COC(=O)CCC1(C(=O)OC)CC(COCc2ccccc2)N(C(=O)OC(C)(C)C)C1=O.O=C1CCC2(CC(CO)NC2=O)C(=O)N1. The lowest BCUT2D eigenvalue weighted by Crippen LogP contribution is -2.52. The number of nitrogens with one attached hydrogen (secondary N) is 2. The van der Waals surface area contributed by atoms with Crippen LogP contribution in [0.5, 0.6) is 0 Å². The molecule has 47 heavy (non-hydrogen) atoms. The Kier molecular flexibility index (Phi) is 12.2. The second-order valence-corrected chi connectivity index (χ2v) is 12.7. The first kappa shape index (κ1) is 37.1. The first-order valence-electron chi connectivity index (χ1n) is 15.2. The zero-order chi connectivity index (χ0) is 35.0. The van der Waals surface area contributed by atoms with Crippen molar-refractivity contribution in [2.24, 2.45) is 10.8 Å². The number of carbonyl (C=O) groups is 7. The highest BCUT2D eigenvalue weighted by molar-refractivity contribution is 6.13. The molecule has 1 aromatic rings. The normalized spacial score (nSPS) is 25.4. The molecule has 5 amide bonds. The number of hydrogen-bond acceptors (Lipinski definition) is 12. The molecule has 0 bridgehead atoms.